The number of carbonyl (C=O) groups excluding carboxylic acids is 1. The van der Waals surface area contributed by atoms with E-state index in [1.807, 2.05) is 25.1 Å². The largest absolute Gasteiger partial charge is 0.454 e. The van der Waals surface area contributed by atoms with E-state index < -0.39 is 5.60 Å². The number of piperidine rings is 1. The molecule has 0 aromatic heterocycles. The maximum absolute atomic E-state index is 12.0. The van der Waals surface area contributed by atoms with Gasteiger partial charge in [0.15, 0.2) is 0 Å². The number of hydrogen-bond donors (Lipinski definition) is 0. The average molecular weight is 312 g/mol. The summed E-state index contributed by atoms with van der Waals surface area (Å²) >= 11 is 0. The molecule has 0 bridgehead atoms. The lowest BCUT2D eigenvalue weighted by molar-refractivity contribution is -0.176. The second-order valence-electron chi connectivity index (χ2n) is 5.70. The van der Waals surface area contributed by atoms with Gasteiger partial charge in [0, 0.05) is 31.8 Å². The van der Waals surface area contributed by atoms with Gasteiger partial charge in [0.1, 0.15) is 5.60 Å². The molecule has 4 heteroatoms. The van der Waals surface area contributed by atoms with Gasteiger partial charge in [-0.3, -0.25) is 4.79 Å². The van der Waals surface area contributed by atoms with Gasteiger partial charge in [-0.05, 0) is 19.0 Å². The van der Waals surface area contributed by atoms with E-state index >= 15 is 0 Å². The standard InChI is InChI=1S/C17H25NO2.ClH/c1-4-14-13-18(3)12-11-17(14,20-16(19)5-2)15-9-7-6-8-10-15;/h6-10,14H,4-5,11-13H2,1-3H3;1H/t14-,17-;/m0./s1. The molecule has 0 N–H and O–H groups in total. The number of carbonyl (C=O) groups is 1. The highest BCUT2D eigenvalue weighted by Gasteiger charge is 2.45. The minimum absolute atomic E-state index is 0. The zero-order chi connectivity index (χ0) is 14.6. The quantitative estimate of drug-likeness (QED) is 0.795. The number of nitrogens with zero attached hydrogens (tertiary/aromatic N) is 1. The SMILES string of the molecule is CCC(=O)O[C@@]1(c2ccccc2)CCN(C)C[C@@H]1CC.Cl. The zero-order valence-corrected chi connectivity index (χ0v) is 14.0. The topological polar surface area (TPSA) is 29.5 Å². The predicted octanol–water partition coefficient (Wildman–Crippen LogP) is 3.62. The van der Waals surface area contributed by atoms with Crippen LogP contribution in [0.3, 0.4) is 0 Å². The first-order valence-corrected chi connectivity index (χ1v) is 7.58. The Morgan fingerprint density at radius 3 is 2.57 bits per heavy atom. The Morgan fingerprint density at radius 2 is 2.00 bits per heavy atom. The average Bonchev–Trinajstić information content (AvgIpc) is 2.49. The van der Waals surface area contributed by atoms with Crippen molar-refractivity contribution in [3.8, 4) is 0 Å². The van der Waals surface area contributed by atoms with E-state index in [4.69, 9.17) is 4.74 Å². The van der Waals surface area contributed by atoms with Gasteiger partial charge in [-0.15, -0.1) is 12.4 Å². The van der Waals surface area contributed by atoms with E-state index in [9.17, 15) is 4.79 Å². The van der Waals surface area contributed by atoms with Crippen molar-refractivity contribution in [3.63, 3.8) is 0 Å². The molecule has 0 spiro atoms. The normalized spacial score (nSPS) is 26.0. The number of hydrogen-bond acceptors (Lipinski definition) is 3. The van der Waals surface area contributed by atoms with Crippen LogP contribution in [0.2, 0.25) is 0 Å². The van der Waals surface area contributed by atoms with Gasteiger partial charge in [-0.25, -0.2) is 0 Å². The summed E-state index contributed by atoms with van der Waals surface area (Å²) in [5.74, 6) is 0.246. The Morgan fingerprint density at radius 1 is 1.33 bits per heavy atom. The lowest BCUT2D eigenvalue weighted by atomic mass is 9.74. The van der Waals surface area contributed by atoms with Crippen LogP contribution in [0.5, 0.6) is 0 Å². The molecule has 1 aromatic carbocycles. The van der Waals surface area contributed by atoms with Crippen molar-refractivity contribution in [2.45, 2.75) is 38.7 Å². The van der Waals surface area contributed by atoms with Crippen LogP contribution >= 0.6 is 12.4 Å². The molecular weight excluding hydrogens is 286 g/mol. The Labute approximate surface area is 134 Å². The minimum atomic E-state index is -0.449. The van der Waals surface area contributed by atoms with Crippen molar-refractivity contribution in [1.29, 1.82) is 0 Å². The fraction of sp³-hybridized carbons (Fsp3) is 0.588. The molecule has 1 fully saturated rings. The number of ether oxygens (including phenoxy) is 1. The summed E-state index contributed by atoms with van der Waals surface area (Å²) < 4.78 is 6.00. The Balaban J connectivity index is 0.00000220. The monoisotopic (exact) mass is 311 g/mol. The summed E-state index contributed by atoms with van der Waals surface area (Å²) in [5.41, 5.74) is 0.692. The van der Waals surface area contributed by atoms with Gasteiger partial charge in [0.25, 0.3) is 0 Å². The van der Waals surface area contributed by atoms with Crippen LogP contribution in [0.4, 0.5) is 0 Å². The lowest BCUT2D eigenvalue weighted by Gasteiger charge is -2.46. The first kappa shape index (κ1) is 18.0. The van der Waals surface area contributed by atoms with Crippen LogP contribution < -0.4 is 0 Å². The molecule has 0 saturated carbocycles. The molecule has 1 heterocycles. The third-order valence-electron chi connectivity index (χ3n) is 4.40. The second kappa shape index (κ2) is 7.81. The van der Waals surface area contributed by atoms with Crippen LogP contribution in [0.25, 0.3) is 0 Å². The van der Waals surface area contributed by atoms with E-state index in [1.54, 1.807) is 0 Å². The van der Waals surface area contributed by atoms with Crippen LogP contribution in [-0.2, 0) is 15.1 Å². The molecule has 21 heavy (non-hydrogen) atoms. The molecule has 1 saturated heterocycles. The number of likely N-dealkylation sites (tertiary alicyclic amines) is 1. The minimum Gasteiger partial charge on any atom is -0.454 e. The van der Waals surface area contributed by atoms with Crippen LogP contribution in [0.1, 0.15) is 38.7 Å². The van der Waals surface area contributed by atoms with Crippen molar-refractivity contribution in [2.75, 3.05) is 20.1 Å². The molecular formula is C17H26ClNO2. The van der Waals surface area contributed by atoms with E-state index in [-0.39, 0.29) is 18.4 Å². The molecule has 1 aliphatic heterocycles. The van der Waals surface area contributed by atoms with Gasteiger partial charge in [-0.2, -0.15) is 0 Å². The van der Waals surface area contributed by atoms with Crippen molar-refractivity contribution in [2.24, 2.45) is 5.92 Å². The Kier molecular flexibility index (Phi) is 6.69. The zero-order valence-electron chi connectivity index (χ0n) is 13.2. The first-order valence-electron chi connectivity index (χ1n) is 7.58. The van der Waals surface area contributed by atoms with Crippen molar-refractivity contribution >= 4 is 18.4 Å². The molecule has 3 nitrogen and oxygen atoms in total. The fourth-order valence-corrected chi connectivity index (χ4v) is 3.20. The maximum atomic E-state index is 12.0. The summed E-state index contributed by atoms with van der Waals surface area (Å²) in [6.07, 6.45) is 2.31. The third kappa shape index (κ3) is 3.78. The smallest absolute Gasteiger partial charge is 0.306 e. The number of rotatable bonds is 4. The van der Waals surface area contributed by atoms with Gasteiger partial charge < -0.3 is 9.64 Å². The molecule has 0 amide bonds. The fourth-order valence-electron chi connectivity index (χ4n) is 3.20. The number of esters is 1. The van der Waals surface area contributed by atoms with E-state index in [0.29, 0.717) is 12.3 Å². The van der Waals surface area contributed by atoms with Crippen LogP contribution in [0.15, 0.2) is 30.3 Å². The van der Waals surface area contributed by atoms with E-state index in [0.717, 1.165) is 31.5 Å². The van der Waals surface area contributed by atoms with Gasteiger partial charge >= 0.3 is 5.97 Å². The summed E-state index contributed by atoms with van der Waals surface area (Å²) in [4.78, 5) is 14.3. The van der Waals surface area contributed by atoms with Crippen molar-refractivity contribution in [1.82, 2.24) is 4.90 Å². The van der Waals surface area contributed by atoms with E-state index in [2.05, 4.69) is 31.0 Å². The summed E-state index contributed by atoms with van der Waals surface area (Å²) in [6, 6.07) is 10.3. The molecule has 0 radical (unpaired) electrons. The maximum Gasteiger partial charge on any atom is 0.306 e. The molecule has 1 aliphatic rings. The highest BCUT2D eigenvalue weighted by molar-refractivity contribution is 5.85. The summed E-state index contributed by atoms with van der Waals surface area (Å²) in [7, 11) is 2.14. The lowest BCUT2D eigenvalue weighted by Crippen LogP contribution is -2.51. The molecule has 2 rings (SSSR count). The van der Waals surface area contributed by atoms with Gasteiger partial charge in [0.2, 0.25) is 0 Å². The summed E-state index contributed by atoms with van der Waals surface area (Å²) in [6.45, 7) is 5.98. The number of halogens is 1. The molecule has 1 aromatic rings. The Hall–Kier alpha value is -1.06. The van der Waals surface area contributed by atoms with Gasteiger partial charge in [0.05, 0.1) is 0 Å². The highest BCUT2D eigenvalue weighted by atomic mass is 35.5. The van der Waals surface area contributed by atoms with Crippen LogP contribution in [0, 0.1) is 5.92 Å². The van der Waals surface area contributed by atoms with Crippen LogP contribution in [-0.4, -0.2) is 31.0 Å². The van der Waals surface area contributed by atoms with Crippen molar-refractivity contribution in [3.05, 3.63) is 35.9 Å². The predicted molar refractivity (Wildman–Crippen MR) is 87.6 cm³/mol. The Bertz CT molecular complexity index is 451. The number of benzene rings is 1. The third-order valence-corrected chi connectivity index (χ3v) is 4.40. The molecule has 0 aliphatic carbocycles. The molecule has 118 valence electrons. The second-order valence-corrected chi connectivity index (χ2v) is 5.70. The van der Waals surface area contributed by atoms with Crippen molar-refractivity contribution < 1.29 is 9.53 Å². The molecule has 0 unspecified atom stereocenters. The van der Waals surface area contributed by atoms with Gasteiger partial charge in [-0.1, -0.05) is 44.2 Å². The van der Waals surface area contributed by atoms with E-state index in [1.165, 1.54) is 0 Å². The molecule has 2 atom stereocenters. The first-order chi connectivity index (χ1) is 9.62. The highest BCUT2D eigenvalue weighted by Crippen LogP contribution is 2.42. The summed E-state index contributed by atoms with van der Waals surface area (Å²) in [5, 5.41) is 0.